The SMILES string of the molecule is O=C1C=C(N(Cc2ccccc2)c2ccc(N(Cc3ccccc3)c3ccccc3)cc2)C=CC1. The molecule has 0 heterocycles. The lowest BCUT2D eigenvalue weighted by Gasteiger charge is -2.29. The number of benzene rings is 4. The maximum atomic E-state index is 12.2. The third-order valence-electron chi connectivity index (χ3n) is 6.14. The highest BCUT2D eigenvalue weighted by atomic mass is 16.1. The highest BCUT2D eigenvalue weighted by Gasteiger charge is 2.16. The molecular weight excluding hydrogens is 428 g/mol. The van der Waals surface area contributed by atoms with E-state index in [1.807, 2.05) is 42.5 Å². The number of hydrogen-bond donors (Lipinski definition) is 0. The first kappa shape index (κ1) is 22.4. The van der Waals surface area contributed by atoms with E-state index in [-0.39, 0.29) is 5.78 Å². The van der Waals surface area contributed by atoms with Crippen LogP contribution in [-0.2, 0) is 17.9 Å². The van der Waals surface area contributed by atoms with Gasteiger partial charge in [0, 0.05) is 48.3 Å². The van der Waals surface area contributed by atoms with Crippen molar-refractivity contribution < 1.29 is 4.79 Å². The summed E-state index contributed by atoms with van der Waals surface area (Å²) in [5.41, 5.74) is 6.68. The van der Waals surface area contributed by atoms with Crippen LogP contribution in [0.2, 0.25) is 0 Å². The maximum Gasteiger partial charge on any atom is 0.161 e. The fourth-order valence-corrected chi connectivity index (χ4v) is 4.35. The van der Waals surface area contributed by atoms with Gasteiger partial charge in [0.2, 0.25) is 0 Å². The molecule has 0 saturated heterocycles. The van der Waals surface area contributed by atoms with Gasteiger partial charge in [-0.15, -0.1) is 0 Å². The molecule has 0 radical (unpaired) electrons. The predicted octanol–water partition coefficient (Wildman–Crippen LogP) is 7.44. The lowest BCUT2D eigenvalue weighted by atomic mass is 10.1. The monoisotopic (exact) mass is 456 g/mol. The molecular formula is C32H28N2O. The quantitative estimate of drug-likeness (QED) is 0.275. The second-order valence-electron chi connectivity index (χ2n) is 8.64. The molecule has 0 aromatic heterocycles. The molecule has 0 saturated carbocycles. The van der Waals surface area contributed by atoms with Crippen LogP contribution < -0.4 is 9.80 Å². The highest BCUT2D eigenvalue weighted by Crippen LogP contribution is 2.31. The van der Waals surface area contributed by atoms with E-state index >= 15 is 0 Å². The Morgan fingerprint density at radius 3 is 1.54 bits per heavy atom. The minimum atomic E-state index is 0.135. The summed E-state index contributed by atoms with van der Waals surface area (Å²) in [7, 11) is 0. The van der Waals surface area contributed by atoms with E-state index in [0.717, 1.165) is 29.3 Å². The fourth-order valence-electron chi connectivity index (χ4n) is 4.35. The van der Waals surface area contributed by atoms with Gasteiger partial charge in [-0.25, -0.2) is 0 Å². The van der Waals surface area contributed by atoms with Crippen LogP contribution >= 0.6 is 0 Å². The van der Waals surface area contributed by atoms with Crippen LogP contribution in [0.1, 0.15) is 17.5 Å². The third kappa shape index (κ3) is 5.59. The molecule has 35 heavy (non-hydrogen) atoms. The number of allylic oxidation sites excluding steroid dienone is 3. The molecule has 172 valence electrons. The van der Waals surface area contributed by atoms with Crippen LogP contribution in [0.3, 0.4) is 0 Å². The number of nitrogens with zero attached hydrogens (tertiary/aromatic N) is 2. The first-order chi connectivity index (χ1) is 17.3. The number of anilines is 3. The van der Waals surface area contributed by atoms with Gasteiger partial charge in [-0.1, -0.05) is 84.9 Å². The summed E-state index contributed by atoms with van der Waals surface area (Å²) in [5.74, 6) is 0.135. The van der Waals surface area contributed by atoms with E-state index in [4.69, 9.17) is 0 Å². The van der Waals surface area contributed by atoms with Crippen LogP contribution in [0.15, 0.2) is 139 Å². The summed E-state index contributed by atoms with van der Waals surface area (Å²) >= 11 is 0. The van der Waals surface area contributed by atoms with Crippen LogP contribution in [0.5, 0.6) is 0 Å². The van der Waals surface area contributed by atoms with E-state index < -0.39 is 0 Å². The molecule has 5 rings (SSSR count). The number of carbonyl (C=O) groups is 1. The normalized spacial score (nSPS) is 12.8. The lowest BCUT2D eigenvalue weighted by Crippen LogP contribution is -2.23. The van der Waals surface area contributed by atoms with Gasteiger partial charge >= 0.3 is 0 Å². The van der Waals surface area contributed by atoms with Gasteiger partial charge in [0.05, 0.1) is 0 Å². The van der Waals surface area contributed by atoms with Gasteiger partial charge in [0.15, 0.2) is 5.78 Å². The second-order valence-corrected chi connectivity index (χ2v) is 8.64. The van der Waals surface area contributed by atoms with Crippen molar-refractivity contribution in [3.63, 3.8) is 0 Å². The molecule has 0 amide bonds. The molecule has 3 nitrogen and oxygen atoms in total. The Bertz CT molecular complexity index is 1310. The molecule has 0 fully saturated rings. The molecule has 3 heteroatoms. The molecule has 0 atom stereocenters. The van der Waals surface area contributed by atoms with E-state index in [2.05, 4.69) is 94.7 Å². The second kappa shape index (κ2) is 10.7. The van der Waals surface area contributed by atoms with Crippen molar-refractivity contribution in [3.8, 4) is 0 Å². The largest absolute Gasteiger partial charge is 0.337 e. The predicted molar refractivity (Wildman–Crippen MR) is 145 cm³/mol. The van der Waals surface area contributed by atoms with E-state index in [9.17, 15) is 4.79 Å². The molecule has 0 aliphatic heterocycles. The van der Waals surface area contributed by atoms with Crippen molar-refractivity contribution in [1.82, 2.24) is 0 Å². The van der Waals surface area contributed by atoms with Crippen molar-refractivity contribution in [3.05, 3.63) is 150 Å². The average molecular weight is 457 g/mol. The summed E-state index contributed by atoms with van der Waals surface area (Å²) in [6.45, 7) is 1.47. The smallest absolute Gasteiger partial charge is 0.161 e. The third-order valence-corrected chi connectivity index (χ3v) is 6.14. The molecule has 0 N–H and O–H groups in total. The highest BCUT2D eigenvalue weighted by molar-refractivity contribution is 5.94. The topological polar surface area (TPSA) is 23.6 Å². The van der Waals surface area contributed by atoms with E-state index in [0.29, 0.717) is 13.0 Å². The van der Waals surface area contributed by atoms with Gasteiger partial charge in [-0.05, 0) is 53.6 Å². The summed E-state index contributed by atoms with van der Waals surface area (Å²) in [5, 5.41) is 0. The molecule has 0 unspecified atom stereocenters. The number of para-hydroxylation sites is 1. The summed E-state index contributed by atoms with van der Waals surface area (Å²) in [6.07, 6.45) is 6.21. The van der Waals surface area contributed by atoms with Crippen molar-refractivity contribution in [2.75, 3.05) is 9.80 Å². The van der Waals surface area contributed by atoms with Crippen molar-refractivity contribution >= 4 is 22.8 Å². The standard InChI is InChI=1S/C32H28N2O/c35-32-18-10-17-31(23-32)34(25-27-13-6-2-7-14-27)30-21-19-29(20-22-30)33(28-15-8-3-9-16-28)24-26-11-4-1-5-12-26/h1-17,19-23H,18,24-25H2. The summed E-state index contributed by atoms with van der Waals surface area (Å²) in [4.78, 5) is 16.7. The zero-order chi connectivity index (χ0) is 23.9. The Hall–Kier alpha value is -4.37. The zero-order valence-corrected chi connectivity index (χ0v) is 19.6. The molecule has 4 aromatic carbocycles. The first-order valence-corrected chi connectivity index (χ1v) is 12.0. The van der Waals surface area contributed by atoms with Crippen molar-refractivity contribution in [2.24, 2.45) is 0 Å². The molecule has 4 aromatic rings. The fraction of sp³-hybridized carbons (Fsp3) is 0.0938. The summed E-state index contributed by atoms with van der Waals surface area (Å²) < 4.78 is 0. The Kier molecular flexibility index (Phi) is 6.86. The molecule has 0 bridgehead atoms. The van der Waals surface area contributed by atoms with Crippen LogP contribution in [-0.4, -0.2) is 5.78 Å². The lowest BCUT2D eigenvalue weighted by molar-refractivity contribution is -0.113. The zero-order valence-electron chi connectivity index (χ0n) is 19.6. The van der Waals surface area contributed by atoms with E-state index in [1.54, 1.807) is 6.08 Å². The molecule has 0 spiro atoms. The molecule has 1 aliphatic rings. The number of hydrogen-bond acceptors (Lipinski definition) is 3. The van der Waals surface area contributed by atoms with Gasteiger partial charge in [-0.3, -0.25) is 4.79 Å². The van der Waals surface area contributed by atoms with Crippen LogP contribution in [0, 0.1) is 0 Å². The van der Waals surface area contributed by atoms with Gasteiger partial charge in [-0.2, -0.15) is 0 Å². The molecule has 1 aliphatic carbocycles. The Morgan fingerprint density at radius 1 is 0.543 bits per heavy atom. The van der Waals surface area contributed by atoms with Gasteiger partial charge in [0.1, 0.15) is 0 Å². The van der Waals surface area contributed by atoms with Gasteiger partial charge < -0.3 is 9.80 Å². The van der Waals surface area contributed by atoms with Gasteiger partial charge in [0.25, 0.3) is 0 Å². The first-order valence-electron chi connectivity index (χ1n) is 12.0. The van der Waals surface area contributed by atoms with Crippen LogP contribution in [0.4, 0.5) is 17.1 Å². The summed E-state index contributed by atoms with van der Waals surface area (Å²) in [6, 6.07) is 40.0. The van der Waals surface area contributed by atoms with Crippen molar-refractivity contribution in [1.29, 1.82) is 0 Å². The number of rotatable bonds is 8. The Labute approximate surface area is 207 Å². The minimum Gasteiger partial charge on any atom is -0.337 e. The minimum absolute atomic E-state index is 0.135. The maximum absolute atomic E-state index is 12.2. The Morgan fingerprint density at radius 2 is 1.00 bits per heavy atom. The van der Waals surface area contributed by atoms with Crippen LogP contribution in [0.25, 0.3) is 0 Å². The Balaban J connectivity index is 1.48. The number of ketones is 1. The van der Waals surface area contributed by atoms with Crippen molar-refractivity contribution in [2.45, 2.75) is 19.5 Å². The number of carbonyl (C=O) groups excluding carboxylic acids is 1. The van der Waals surface area contributed by atoms with E-state index in [1.165, 1.54) is 11.1 Å². The average Bonchev–Trinajstić information content (AvgIpc) is 2.92.